The number of esters is 1. The molecule has 0 aromatic rings. The summed E-state index contributed by atoms with van der Waals surface area (Å²) in [6.07, 6.45) is 4.84. The zero-order valence-electron chi connectivity index (χ0n) is 12.6. The number of allylic oxidation sites excluding steroid dienone is 1. The first kappa shape index (κ1) is 17.7. The van der Waals surface area contributed by atoms with E-state index in [1.807, 2.05) is 34.6 Å². The molecule has 19 heavy (non-hydrogen) atoms. The van der Waals surface area contributed by atoms with Gasteiger partial charge in [0.25, 0.3) is 0 Å². The van der Waals surface area contributed by atoms with Crippen molar-refractivity contribution in [1.29, 1.82) is 0 Å². The molecule has 0 aliphatic rings. The lowest BCUT2D eigenvalue weighted by Crippen LogP contribution is -2.22. The standard InChI is InChI=1S/C15H26O4/c1-11(2)10-12(14(17)18)8-6-7-9-13(16)19-15(3,4)5/h7,9,11-12H,6,8,10H2,1-5H3,(H,17,18)/t12-/m1/s1. The second kappa shape index (κ2) is 7.97. The van der Waals surface area contributed by atoms with E-state index < -0.39 is 11.6 Å². The maximum Gasteiger partial charge on any atom is 0.330 e. The smallest absolute Gasteiger partial charge is 0.330 e. The van der Waals surface area contributed by atoms with Crippen LogP contribution in [0.1, 0.15) is 53.9 Å². The van der Waals surface area contributed by atoms with Crippen LogP contribution in [0, 0.1) is 11.8 Å². The second-order valence-corrected chi connectivity index (χ2v) is 6.18. The molecule has 0 heterocycles. The molecule has 0 aliphatic carbocycles. The zero-order chi connectivity index (χ0) is 15.1. The van der Waals surface area contributed by atoms with Gasteiger partial charge in [-0.1, -0.05) is 19.9 Å². The number of hydrogen-bond donors (Lipinski definition) is 1. The Kier molecular flexibility index (Phi) is 7.42. The Morgan fingerprint density at radius 3 is 2.26 bits per heavy atom. The summed E-state index contributed by atoms with van der Waals surface area (Å²) in [6.45, 7) is 9.43. The molecular formula is C15H26O4. The summed E-state index contributed by atoms with van der Waals surface area (Å²) in [5.74, 6) is -1.14. The van der Waals surface area contributed by atoms with Crippen molar-refractivity contribution in [2.75, 3.05) is 0 Å². The molecule has 0 rings (SSSR count). The van der Waals surface area contributed by atoms with E-state index in [1.54, 1.807) is 6.08 Å². The van der Waals surface area contributed by atoms with Crippen LogP contribution in [-0.4, -0.2) is 22.6 Å². The SMILES string of the molecule is CC(C)C[C@@H](CCC=CC(=O)OC(C)(C)C)C(=O)O. The quantitative estimate of drug-likeness (QED) is 0.569. The van der Waals surface area contributed by atoms with Gasteiger partial charge in [0.2, 0.25) is 0 Å². The average Bonchev–Trinajstić information content (AvgIpc) is 2.19. The number of carbonyl (C=O) groups is 2. The van der Waals surface area contributed by atoms with Gasteiger partial charge >= 0.3 is 11.9 Å². The molecule has 1 atom stereocenters. The number of carboxylic acid groups (broad SMARTS) is 1. The molecule has 0 unspecified atom stereocenters. The number of carboxylic acids is 1. The molecule has 0 radical (unpaired) electrons. The average molecular weight is 270 g/mol. The number of carbonyl (C=O) groups excluding carboxylic acids is 1. The van der Waals surface area contributed by atoms with E-state index in [2.05, 4.69) is 0 Å². The van der Waals surface area contributed by atoms with Crippen LogP contribution in [0.5, 0.6) is 0 Å². The van der Waals surface area contributed by atoms with Crippen molar-refractivity contribution in [2.24, 2.45) is 11.8 Å². The number of ether oxygens (including phenoxy) is 1. The van der Waals surface area contributed by atoms with Crippen molar-refractivity contribution in [1.82, 2.24) is 0 Å². The fourth-order valence-electron chi connectivity index (χ4n) is 1.72. The molecule has 0 amide bonds. The zero-order valence-corrected chi connectivity index (χ0v) is 12.6. The summed E-state index contributed by atoms with van der Waals surface area (Å²) in [7, 11) is 0. The largest absolute Gasteiger partial charge is 0.481 e. The van der Waals surface area contributed by atoms with Crippen LogP contribution in [0.25, 0.3) is 0 Å². The van der Waals surface area contributed by atoms with Crippen molar-refractivity contribution >= 4 is 11.9 Å². The highest BCUT2D eigenvalue weighted by Crippen LogP contribution is 2.17. The van der Waals surface area contributed by atoms with Gasteiger partial charge in [0.1, 0.15) is 5.60 Å². The molecule has 0 spiro atoms. The minimum atomic E-state index is -0.764. The van der Waals surface area contributed by atoms with E-state index in [9.17, 15) is 9.59 Å². The third-order valence-corrected chi connectivity index (χ3v) is 2.45. The molecule has 0 saturated heterocycles. The van der Waals surface area contributed by atoms with Crippen LogP contribution in [-0.2, 0) is 14.3 Å². The first-order valence-corrected chi connectivity index (χ1v) is 6.74. The molecule has 4 nitrogen and oxygen atoms in total. The van der Waals surface area contributed by atoms with Gasteiger partial charge in [-0.05, 0) is 46.0 Å². The van der Waals surface area contributed by atoms with E-state index in [0.717, 1.165) is 0 Å². The van der Waals surface area contributed by atoms with E-state index >= 15 is 0 Å². The van der Waals surface area contributed by atoms with Crippen LogP contribution in [0.3, 0.4) is 0 Å². The van der Waals surface area contributed by atoms with Crippen molar-refractivity contribution in [3.63, 3.8) is 0 Å². The summed E-state index contributed by atoms with van der Waals surface area (Å²) in [5, 5.41) is 9.07. The van der Waals surface area contributed by atoms with E-state index in [4.69, 9.17) is 9.84 Å². The van der Waals surface area contributed by atoms with Gasteiger partial charge in [0, 0.05) is 6.08 Å². The second-order valence-electron chi connectivity index (χ2n) is 6.18. The summed E-state index contributed by atoms with van der Waals surface area (Å²) >= 11 is 0. The summed E-state index contributed by atoms with van der Waals surface area (Å²) in [4.78, 5) is 22.4. The number of rotatable bonds is 7. The van der Waals surface area contributed by atoms with Gasteiger partial charge in [-0.25, -0.2) is 4.79 Å². The highest BCUT2D eigenvalue weighted by Gasteiger charge is 2.18. The van der Waals surface area contributed by atoms with Crippen molar-refractivity contribution in [2.45, 2.75) is 59.5 Å². The minimum absolute atomic E-state index is 0.344. The lowest BCUT2D eigenvalue weighted by Gasteiger charge is -2.18. The highest BCUT2D eigenvalue weighted by atomic mass is 16.6. The van der Waals surface area contributed by atoms with Gasteiger partial charge in [-0.3, -0.25) is 4.79 Å². The number of aliphatic carboxylic acids is 1. The molecule has 0 aromatic carbocycles. The predicted molar refractivity (Wildman–Crippen MR) is 74.8 cm³/mol. The maximum atomic E-state index is 11.4. The molecule has 0 bridgehead atoms. The molecule has 0 fully saturated rings. The molecule has 0 saturated carbocycles. The van der Waals surface area contributed by atoms with Gasteiger partial charge in [-0.2, -0.15) is 0 Å². The van der Waals surface area contributed by atoms with Gasteiger partial charge in [0.05, 0.1) is 5.92 Å². The Balaban J connectivity index is 4.12. The van der Waals surface area contributed by atoms with Crippen LogP contribution in [0.2, 0.25) is 0 Å². The van der Waals surface area contributed by atoms with Gasteiger partial charge in [0.15, 0.2) is 0 Å². The molecule has 4 heteroatoms. The molecule has 110 valence electrons. The highest BCUT2D eigenvalue weighted by molar-refractivity contribution is 5.82. The van der Waals surface area contributed by atoms with E-state index in [-0.39, 0.29) is 11.9 Å². The molecule has 0 aromatic heterocycles. The van der Waals surface area contributed by atoms with E-state index in [0.29, 0.717) is 25.2 Å². The topological polar surface area (TPSA) is 63.6 Å². The third-order valence-electron chi connectivity index (χ3n) is 2.45. The summed E-state index contributed by atoms with van der Waals surface area (Å²) in [6, 6.07) is 0. The summed E-state index contributed by atoms with van der Waals surface area (Å²) < 4.78 is 5.11. The Morgan fingerprint density at radius 2 is 1.84 bits per heavy atom. The van der Waals surface area contributed by atoms with E-state index in [1.165, 1.54) is 6.08 Å². The summed E-state index contributed by atoms with van der Waals surface area (Å²) in [5.41, 5.74) is -0.497. The normalized spacial score (nSPS) is 13.8. The molecular weight excluding hydrogens is 244 g/mol. The molecule has 0 aliphatic heterocycles. The van der Waals surface area contributed by atoms with Gasteiger partial charge < -0.3 is 9.84 Å². The van der Waals surface area contributed by atoms with Crippen LogP contribution < -0.4 is 0 Å². The van der Waals surface area contributed by atoms with Crippen LogP contribution >= 0.6 is 0 Å². The van der Waals surface area contributed by atoms with Crippen molar-refractivity contribution in [3.8, 4) is 0 Å². The lowest BCUT2D eigenvalue weighted by atomic mass is 9.93. The fourth-order valence-corrected chi connectivity index (χ4v) is 1.72. The monoisotopic (exact) mass is 270 g/mol. The molecule has 1 N–H and O–H groups in total. The van der Waals surface area contributed by atoms with Crippen molar-refractivity contribution < 1.29 is 19.4 Å². The Hall–Kier alpha value is -1.32. The minimum Gasteiger partial charge on any atom is -0.481 e. The third kappa shape index (κ3) is 10.3. The van der Waals surface area contributed by atoms with Crippen LogP contribution in [0.15, 0.2) is 12.2 Å². The predicted octanol–water partition coefficient (Wildman–Crippen LogP) is 3.41. The fraction of sp³-hybridized carbons (Fsp3) is 0.733. The first-order chi connectivity index (χ1) is 8.61. The van der Waals surface area contributed by atoms with Crippen LogP contribution in [0.4, 0.5) is 0 Å². The Labute approximate surface area is 115 Å². The Morgan fingerprint density at radius 1 is 1.26 bits per heavy atom. The maximum absolute atomic E-state index is 11.4. The van der Waals surface area contributed by atoms with Gasteiger partial charge in [-0.15, -0.1) is 0 Å². The Bertz CT molecular complexity index is 324. The number of hydrogen-bond acceptors (Lipinski definition) is 3. The van der Waals surface area contributed by atoms with Crippen molar-refractivity contribution in [3.05, 3.63) is 12.2 Å². The lowest BCUT2D eigenvalue weighted by molar-refractivity contribution is -0.148. The first-order valence-electron chi connectivity index (χ1n) is 6.74.